The minimum absolute atomic E-state index is 0.203. The van der Waals surface area contributed by atoms with Crippen LogP contribution in [0.1, 0.15) is 34.3 Å². The summed E-state index contributed by atoms with van der Waals surface area (Å²) in [6, 6.07) is 10.9. The first-order chi connectivity index (χ1) is 13.8. The highest BCUT2D eigenvalue weighted by molar-refractivity contribution is 5.92. The maximum Gasteiger partial charge on any atom is 0.573 e. The molecule has 1 aliphatic heterocycles. The van der Waals surface area contributed by atoms with E-state index in [-0.39, 0.29) is 24.4 Å². The second kappa shape index (κ2) is 9.17. The molecule has 5 nitrogen and oxygen atoms in total. The Bertz CT molecular complexity index is 833. The van der Waals surface area contributed by atoms with E-state index >= 15 is 0 Å². The van der Waals surface area contributed by atoms with Gasteiger partial charge in [0.1, 0.15) is 17.6 Å². The molecule has 3 rings (SSSR count). The Hall–Kier alpha value is -2.74. The van der Waals surface area contributed by atoms with Gasteiger partial charge < -0.3 is 18.9 Å². The number of fused-ring (bicyclic) bond motifs is 1. The molecule has 0 saturated heterocycles. The van der Waals surface area contributed by atoms with Crippen LogP contribution in [0, 0.1) is 0 Å². The Morgan fingerprint density at radius 1 is 1.10 bits per heavy atom. The van der Waals surface area contributed by atoms with Crippen LogP contribution in [0.3, 0.4) is 0 Å². The predicted octanol–water partition coefficient (Wildman–Crippen LogP) is 4.67. The van der Waals surface area contributed by atoms with E-state index in [0.717, 1.165) is 11.1 Å². The van der Waals surface area contributed by atoms with Crippen molar-refractivity contribution in [1.82, 2.24) is 0 Å². The number of hydrogen-bond donors (Lipinski definition) is 0. The van der Waals surface area contributed by atoms with Gasteiger partial charge in [-0.15, -0.1) is 13.2 Å². The quantitative estimate of drug-likeness (QED) is 0.468. The molecule has 8 heteroatoms. The highest BCUT2D eigenvalue weighted by Crippen LogP contribution is 2.27. The van der Waals surface area contributed by atoms with Crippen molar-refractivity contribution in [1.29, 1.82) is 0 Å². The molecule has 156 valence electrons. The normalized spacial score (nSPS) is 16.1. The van der Waals surface area contributed by atoms with Crippen LogP contribution < -0.4 is 9.47 Å². The Morgan fingerprint density at radius 2 is 1.83 bits per heavy atom. The van der Waals surface area contributed by atoms with Crippen molar-refractivity contribution >= 4 is 5.97 Å². The lowest BCUT2D eigenvalue weighted by molar-refractivity contribution is -0.274. The number of alkyl halides is 3. The fourth-order valence-electron chi connectivity index (χ4n) is 3.10. The lowest BCUT2D eigenvalue weighted by atomic mass is 9.96. The van der Waals surface area contributed by atoms with Gasteiger partial charge in [0.25, 0.3) is 0 Å². The molecule has 1 atom stereocenters. The van der Waals surface area contributed by atoms with Crippen LogP contribution in [-0.4, -0.2) is 32.2 Å². The summed E-state index contributed by atoms with van der Waals surface area (Å²) < 4.78 is 56.4. The number of benzene rings is 2. The minimum atomic E-state index is -4.70. The number of carbonyl (C=O) groups is 1. The lowest BCUT2D eigenvalue weighted by Crippen LogP contribution is -2.28. The number of halogens is 3. The number of esters is 1. The number of rotatable bonds is 8. The molecular formula is C21H21F3O5. The van der Waals surface area contributed by atoms with E-state index in [1.807, 2.05) is 12.1 Å². The summed E-state index contributed by atoms with van der Waals surface area (Å²) in [6.45, 7) is 0.726. The van der Waals surface area contributed by atoms with Gasteiger partial charge in [-0.1, -0.05) is 18.2 Å². The van der Waals surface area contributed by atoms with Gasteiger partial charge in [-0.2, -0.15) is 0 Å². The van der Waals surface area contributed by atoms with Crippen molar-refractivity contribution in [2.45, 2.75) is 38.3 Å². The number of ether oxygens (including phenoxy) is 4. The molecular weight excluding hydrogens is 389 g/mol. The summed E-state index contributed by atoms with van der Waals surface area (Å²) in [5.41, 5.74) is 2.22. The molecule has 0 fully saturated rings. The molecule has 2 aromatic carbocycles. The van der Waals surface area contributed by atoms with Crippen molar-refractivity contribution in [3.05, 3.63) is 59.2 Å². The first-order valence-electron chi connectivity index (χ1n) is 9.14. The molecule has 0 N–H and O–H groups in total. The summed E-state index contributed by atoms with van der Waals surface area (Å²) in [4.78, 5) is 12.2. The van der Waals surface area contributed by atoms with Gasteiger partial charge in [-0.25, -0.2) is 4.79 Å². The smallest absolute Gasteiger partial charge is 0.497 e. The van der Waals surface area contributed by atoms with Crippen LogP contribution in [0.2, 0.25) is 0 Å². The summed E-state index contributed by atoms with van der Waals surface area (Å²) in [6.07, 6.45) is -2.90. The average molecular weight is 410 g/mol. The maximum atomic E-state index is 12.2. The number of methoxy groups -OCH3 is 1. The molecule has 29 heavy (non-hydrogen) atoms. The van der Waals surface area contributed by atoms with Crippen molar-refractivity contribution in [2.75, 3.05) is 13.7 Å². The van der Waals surface area contributed by atoms with E-state index in [1.54, 1.807) is 13.2 Å². The van der Waals surface area contributed by atoms with Crippen LogP contribution in [0.5, 0.6) is 11.5 Å². The monoisotopic (exact) mass is 410 g/mol. The third kappa shape index (κ3) is 6.12. The third-order valence-corrected chi connectivity index (χ3v) is 4.50. The number of cyclic esters (lactones) is 1. The first-order valence-corrected chi connectivity index (χ1v) is 9.14. The van der Waals surface area contributed by atoms with E-state index in [4.69, 9.17) is 14.2 Å². The molecule has 1 heterocycles. The fraction of sp³-hybridized carbons (Fsp3) is 0.381. The first kappa shape index (κ1) is 21.0. The highest BCUT2D eigenvalue weighted by atomic mass is 19.4. The van der Waals surface area contributed by atoms with Crippen molar-refractivity contribution < 1.29 is 36.9 Å². The molecule has 0 bridgehead atoms. The Kier molecular flexibility index (Phi) is 6.64. The van der Waals surface area contributed by atoms with E-state index in [9.17, 15) is 18.0 Å². The standard InChI is InChI=1S/C21H21F3O5/c1-26-17-9-6-15-11-18(28-20(25)19(15)12-17)3-2-10-27-13-14-4-7-16(8-5-14)29-21(22,23)24/h4-9,12,18H,2-3,10-11,13H2,1H3. The SMILES string of the molecule is COc1ccc2c(c1)C(=O)OC(CCCOCc1ccc(OC(F)(F)F)cc1)C2. The lowest BCUT2D eigenvalue weighted by Gasteiger charge is -2.25. The molecule has 2 aromatic rings. The largest absolute Gasteiger partial charge is 0.573 e. The topological polar surface area (TPSA) is 54.0 Å². The predicted molar refractivity (Wildman–Crippen MR) is 97.9 cm³/mol. The zero-order valence-electron chi connectivity index (χ0n) is 15.8. The summed E-state index contributed by atoms with van der Waals surface area (Å²) >= 11 is 0. The summed E-state index contributed by atoms with van der Waals surface area (Å²) in [5.74, 6) is 0.000973. The highest BCUT2D eigenvalue weighted by Gasteiger charge is 2.31. The van der Waals surface area contributed by atoms with Gasteiger partial charge in [0, 0.05) is 13.0 Å². The van der Waals surface area contributed by atoms with Crippen molar-refractivity contribution in [3.63, 3.8) is 0 Å². The Morgan fingerprint density at radius 3 is 2.52 bits per heavy atom. The zero-order chi connectivity index (χ0) is 20.9. The Labute approximate surface area is 166 Å². The van der Waals surface area contributed by atoms with E-state index in [0.29, 0.717) is 37.2 Å². The van der Waals surface area contributed by atoms with E-state index < -0.39 is 6.36 Å². The summed E-state index contributed by atoms with van der Waals surface area (Å²) in [7, 11) is 1.55. The number of hydrogen-bond acceptors (Lipinski definition) is 5. The molecule has 1 unspecified atom stereocenters. The molecule has 0 radical (unpaired) electrons. The van der Waals surface area contributed by atoms with Crippen LogP contribution in [0.15, 0.2) is 42.5 Å². The minimum Gasteiger partial charge on any atom is -0.497 e. The van der Waals surface area contributed by atoms with Crippen molar-refractivity contribution in [3.8, 4) is 11.5 Å². The van der Waals surface area contributed by atoms with Gasteiger partial charge in [0.2, 0.25) is 0 Å². The molecule has 0 aromatic heterocycles. The van der Waals surface area contributed by atoms with Gasteiger partial charge in [-0.3, -0.25) is 0 Å². The third-order valence-electron chi connectivity index (χ3n) is 4.50. The van der Waals surface area contributed by atoms with Crippen LogP contribution in [0.25, 0.3) is 0 Å². The molecule has 0 aliphatic carbocycles. The molecule has 1 aliphatic rings. The van der Waals surface area contributed by atoms with Crippen LogP contribution >= 0.6 is 0 Å². The van der Waals surface area contributed by atoms with Gasteiger partial charge >= 0.3 is 12.3 Å². The van der Waals surface area contributed by atoms with E-state index in [1.165, 1.54) is 24.3 Å². The molecule has 0 saturated carbocycles. The Balaban J connectivity index is 1.39. The maximum absolute atomic E-state index is 12.2. The van der Waals surface area contributed by atoms with Crippen LogP contribution in [0.4, 0.5) is 13.2 Å². The molecule has 0 amide bonds. The van der Waals surface area contributed by atoms with Gasteiger partial charge in [0.05, 0.1) is 19.3 Å². The second-order valence-corrected chi connectivity index (χ2v) is 6.64. The van der Waals surface area contributed by atoms with Gasteiger partial charge in [-0.05, 0) is 48.2 Å². The van der Waals surface area contributed by atoms with Crippen LogP contribution in [-0.2, 0) is 22.5 Å². The molecule has 0 spiro atoms. The fourth-order valence-corrected chi connectivity index (χ4v) is 3.10. The van der Waals surface area contributed by atoms with Gasteiger partial charge in [0.15, 0.2) is 0 Å². The average Bonchev–Trinajstić information content (AvgIpc) is 2.67. The zero-order valence-corrected chi connectivity index (χ0v) is 15.8. The number of carbonyl (C=O) groups excluding carboxylic acids is 1. The summed E-state index contributed by atoms with van der Waals surface area (Å²) in [5, 5.41) is 0. The van der Waals surface area contributed by atoms with E-state index in [2.05, 4.69) is 4.74 Å². The van der Waals surface area contributed by atoms with Crippen molar-refractivity contribution in [2.24, 2.45) is 0 Å². The second-order valence-electron chi connectivity index (χ2n) is 6.64.